The lowest BCUT2D eigenvalue weighted by Crippen LogP contribution is -2.20. The highest BCUT2D eigenvalue weighted by atomic mass is 79.9. The van der Waals surface area contributed by atoms with E-state index in [-0.39, 0.29) is 11.7 Å². The number of fused-ring (bicyclic) bond motifs is 1. The van der Waals surface area contributed by atoms with E-state index in [1.165, 1.54) is 17.1 Å². The number of hydrazone groups is 1. The Morgan fingerprint density at radius 3 is 2.54 bits per heavy atom. The largest absolute Gasteiger partial charge is 0.490 e. The monoisotopic (exact) mass is 578 g/mol. The van der Waals surface area contributed by atoms with Gasteiger partial charge in [0.25, 0.3) is 5.91 Å². The third-order valence-corrected chi connectivity index (χ3v) is 6.85. The van der Waals surface area contributed by atoms with Gasteiger partial charge in [0.2, 0.25) is 0 Å². The molecule has 0 aliphatic heterocycles. The maximum absolute atomic E-state index is 12.2. The minimum atomic E-state index is -0.250. The number of ether oxygens (including phenoxy) is 2. The molecule has 4 rings (SSSR count). The van der Waals surface area contributed by atoms with E-state index in [0.717, 1.165) is 32.4 Å². The molecule has 190 valence electrons. The molecule has 3 aromatic carbocycles. The highest BCUT2D eigenvalue weighted by Gasteiger charge is 2.12. The standard InChI is InChI=1S/C28H27BrN4O3S/c1-4-35-25-13-22(15-30-33-27(34)17-37-28-31-18(2)12-19(3)32-28)24(29)14-26(25)36-16-21-10-7-9-20-8-5-6-11-23(20)21/h5-15H,4,16-17H2,1-3H3,(H,33,34)/b30-15-. The Morgan fingerprint density at radius 2 is 1.76 bits per heavy atom. The van der Waals surface area contributed by atoms with Crippen LogP contribution in [0.1, 0.15) is 29.4 Å². The predicted molar refractivity (Wildman–Crippen MR) is 152 cm³/mol. The van der Waals surface area contributed by atoms with Crippen LogP contribution < -0.4 is 14.9 Å². The molecule has 1 N–H and O–H groups in total. The summed E-state index contributed by atoms with van der Waals surface area (Å²) in [6, 6.07) is 20.0. The van der Waals surface area contributed by atoms with Crippen molar-refractivity contribution in [2.45, 2.75) is 32.5 Å². The third-order valence-electron chi connectivity index (χ3n) is 5.31. The third kappa shape index (κ3) is 7.30. The maximum Gasteiger partial charge on any atom is 0.250 e. The van der Waals surface area contributed by atoms with Crippen LogP contribution in [0, 0.1) is 13.8 Å². The summed E-state index contributed by atoms with van der Waals surface area (Å²) < 4.78 is 12.8. The molecule has 1 aromatic heterocycles. The average Bonchev–Trinajstić information content (AvgIpc) is 2.88. The molecular weight excluding hydrogens is 552 g/mol. The van der Waals surface area contributed by atoms with Gasteiger partial charge in [-0.3, -0.25) is 4.79 Å². The Hall–Kier alpha value is -3.43. The fourth-order valence-electron chi connectivity index (χ4n) is 3.70. The summed E-state index contributed by atoms with van der Waals surface area (Å²) in [5.74, 6) is 1.13. The Balaban J connectivity index is 1.41. The van der Waals surface area contributed by atoms with Crippen LogP contribution in [-0.2, 0) is 11.4 Å². The summed E-state index contributed by atoms with van der Waals surface area (Å²) in [6.07, 6.45) is 1.57. The molecule has 0 fully saturated rings. The zero-order valence-corrected chi connectivity index (χ0v) is 23.2. The lowest BCUT2D eigenvalue weighted by molar-refractivity contribution is -0.118. The molecule has 0 radical (unpaired) electrons. The van der Waals surface area contributed by atoms with Gasteiger partial charge in [0.15, 0.2) is 16.7 Å². The summed E-state index contributed by atoms with van der Waals surface area (Å²) in [5.41, 5.74) is 6.12. The Labute approximate surface area is 228 Å². The SMILES string of the molecule is CCOc1cc(/C=N\NC(=O)CSc2nc(C)cc(C)n2)c(Br)cc1OCc1cccc2ccccc12. The lowest BCUT2D eigenvalue weighted by atomic mass is 10.1. The van der Waals surface area contributed by atoms with Crippen molar-refractivity contribution < 1.29 is 14.3 Å². The van der Waals surface area contributed by atoms with Gasteiger partial charge in [-0.15, -0.1) is 0 Å². The van der Waals surface area contributed by atoms with E-state index in [9.17, 15) is 4.79 Å². The topological polar surface area (TPSA) is 85.7 Å². The highest BCUT2D eigenvalue weighted by molar-refractivity contribution is 9.10. The average molecular weight is 580 g/mol. The number of amides is 1. The number of benzene rings is 3. The Bertz CT molecular complexity index is 1420. The van der Waals surface area contributed by atoms with Crippen LogP contribution in [0.4, 0.5) is 0 Å². The van der Waals surface area contributed by atoms with Gasteiger partial charge in [0, 0.05) is 21.4 Å². The van der Waals surface area contributed by atoms with Crippen LogP contribution in [-0.4, -0.2) is 34.4 Å². The number of hydrogen-bond acceptors (Lipinski definition) is 7. The van der Waals surface area contributed by atoms with Gasteiger partial charge in [-0.25, -0.2) is 15.4 Å². The van der Waals surface area contributed by atoms with Crippen molar-refractivity contribution >= 4 is 50.6 Å². The summed E-state index contributed by atoms with van der Waals surface area (Å²) >= 11 is 4.85. The smallest absolute Gasteiger partial charge is 0.250 e. The highest BCUT2D eigenvalue weighted by Crippen LogP contribution is 2.34. The van der Waals surface area contributed by atoms with Gasteiger partial charge < -0.3 is 9.47 Å². The van der Waals surface area contributed by atoms with Crippen molar-refractivity contribution in [2.24, 2.45) is 5.10 Å². The Kier molecular flexibility index (Phi) is 9.14. The van der Waals surface area contributed by atoms with E-state index in [4.69, 9.17) is 9.47 Å². The first-order valence-electron chi connectivity index (χ1n) is 11.8. The number of rotatable bonds is 10. The van der Waals surface area contributed by atoms with Gasteiger partial charge in [-0.05, 0) is 71.2 Å². The molecule has 0 bridgehead atoms. The molecule has 1 heterocycles. The summed E-state index contributed by atoms with van der Waals surface area (Å²) in [5, 5.41) is 7.00. The number of aromatic nitrogens is 2. The first kappa shape index (κ1) is 26.6. The van der Waals surface area contributed by atoms with E-state index < -0.39 is 0 Å². The summed E-state index contributed by atoms with van der Waals surface area (Å²) in [4.78, 5) is 20.9. The minimum absolute atomic E-state index is 0.159. The number of hydrogen-bond donors (Lipinski definition) is 1. The van der Waals surface area contributed by atoms with E-state index in [1.54, 1.807) is 6.21 Å². The molecule has 0 spiro atoms. The fourth-order valence-corrected chi connectivity index (χ4v) is 4.87. The van der Waals surface area contributed by atoms with Crippen molar-refractivity contribution in [2.75, 3.05) is 12.4 Å². The number of carbonyl (C=O) groups excluding carboxylic acids is 1. The number of aryl methyl sites for hydroxylation is 2. The van der Waals surface area contributed by atoms with Crippen LogP contribution in [0.5, 0.6) is 11.5 Å². The van der Waals surface area contributed by atoms with Gasteiger partial charge >= 0.3 is 0 Å². The molecule has 0 saturated carbocycles. The fraction of sp³-hybridized carbons (Fsp3) is 0.214. The minimum Gasteiger partial charge on any atom is -0.490 e. The van der Waals surface area contributed by atoms with E-state index in [2.05, 4.69) is 60.7 Å². The van der Waals surface area contributed by atoms with Gasteiger partial charge in [0.05, 0.1) is 18.6 Å². The number of carbonyl (C=O) groups is 1. The molecule has 37 heavy (non-hydrogen) atoms. The second-order valence-corrected chi connectivity index (χ2v) is 9.99. The van der Waals surface area contributed by atoms with Crippen molar-refractivity contribution in [1.82, 2.24) is 15.4 Å². The lowest BCUT2D eigenvalue weighted by Gasteiger charge is -2.15. The molecule has 9 heteroatoms. The molecule has 0 unspecified atom stereocenters. The molecule has 1 amide bonds. The molecule has 7 nitrogen and oxygen atoms in total. The molecule has 0 aliphatic rings. The molecular formula is C28H27BrN4O3S. The van der Waals surface area contributed by atoms with Gasteiger partial charge in [0.1, 0.15) is 6.61 Å². The summed E-state index contributed by atoms with van der Waals surface area (Å²) in [6.45, 7) is 6.60. The first-order chi connectivity index (χ1) is 17.9. The normalized spacial score (nSPS) is 11.1. The first-order valence-corrected chi connectivity index (χ1v) is 13.5. The van der Waals surface area contributed by atoms with Crippen molar-refractivity contribution in [3.8, 4) is 11.5 Å². The quantitative estimate of drug-likeness (QED) is 0.104. The van der Waals surface area contributed by atoms with E-state index in [1.807, 2.05) is 57.2 Å². The van der Waals surface area contributed by atoms with E-state index in [0.29, 0.717) is 29.9 Å². The van der Waals surface area contributed by atoms with Crippen LogP contribution >= 0.6 is 27.7 Å². The second kappa shape index (κ2) is 12.7. The zero-order chi connectivity index (χ0) is 26.2. The molecule has 0 aliphatic carbocycles. The number of nitrogens with one attached hydrogen (secondary N) is 1. The molecule has 0 atom stereocenters. The summed E-state index contributed by atoms with van der Waals surface area (Å²) in [7, 11) is 0. The van der Waals surface area contributed by atoms with E-state index >= 15 is 0 Å². The van der Waals surface area contributed by atoms with Crippen molar-refractivity contribution in [3.63, 3.8) is 0 Å². The number of nitrogens with zero attached hydrogens (tertiary/aromatic N) is 3. The van der Waals surface area contributed by atoms with Crippen LogP contribution in [0.15, 0.2) is 75.4 Å². The van der Waals surface area contributed by atoms with Crippen LogP contribution in [0.25, 0.3) is 10.8 Å². The Morgan fingerprint density at radius 1 is 1.03 bits per heavy atom. The second-order valence-electron chi connectivity index (χ2n) is 8.20. The van der Waals surface area contributed by atoms with Crippen LogP contribution in [0.3, 0.4) is 0 Å². The zero-order valence-electron chi connectivity index (χ0n) is 20.8. The molecule has 0 saturated heterocycles. The van der Waals surface area contributed by atoms with Crippen molar-refractivity contribution in [3.05, 3.63) is 87.7 Å². The number of halogens is 1. The predicted octanol–water partition coefficient (Wildman–Crippen LogP) is 6.23. The maximum atomic E-state index is 12.2. The van der Waals surface area contributed by atoms with Crippen LogP contribution in [0.2, 0.25) is 0 Å². The number of thioether (sulfide) groups is 1. The van der Waals surface area contributed by atoms with Gasteiger partial charge in [-0.1, -0.05) is 54.2 Å². The molecule has 4 aromatic rings. The van der Waals surface area contributed by atoms with Crippen molar-refractivity contribution in [1.29, 1.82) is 0 Å². The van der Waals surface area contributed by atoms with Gasteiger partial charge in [-0.2, -0.15) is 5.10 Å².